The van der Waals surface area contributed by atoms with Gasteiger partial charge in [0.1, 0.15) is 5.75 Å². The molecule has 0 amide bonds. The molecule has 3 aromatic rings. The van der Waals surface area contributed by atoms with E-state index in [-0.39, 0.29) is 5.97 Å². The molecule has 1 aliphatic rings. The van der Waals surface area contributed by atoms with Crippen molar-refractivity contribution in [3.63, 3.8) is 0 Å². The Labute approximate surface area is 198 Å². The van der Waals surface area contributed by atoms with Gasteiger partial charge in [-0.1, -0.05) is 12.1 Å². The third-order valence-electron chi connectivity index (χ3n) is 5.31. The second-order valence-corrected chi connectivity index (χ2v) is 11.1. The maximum absolute atomic E-state index is 13.1. The molecule has 4 nitrogen and oxygen atoms in total. The Morgan fingerprint density at radius 3 is 2.75 bits per heavy atom. The molecule has 0 aliphatic carbocycles. The number of benzene rings is 1. The van der Waals surface area contributed by atoms with Crippen molar-refractivity contribution in [2.45, 2.75) is 59.2 Å². The van der Waals surface area contributed by atoms with Gasteiger partial charge in [-0.25, -0.2) is 4.79 Å². The summed E-state index contributed by atoms with van der Waals surface area (Å²) >= 11 is 3.42. The maximum Gasteiger partial charge on any atom is 0.340 e. The standard InChI is InChI=1S/C26H30O4S2/c1-6-28-25(27)23(30-26(3,4)5)21-16(2)32-24(20-10-8-14-31-20)22(21)18-11-12-19-17(15-18)9-7-13-29-19/h8,10-12,14-15,23H,6-7,9,13H2,1-5H3. The molecule has 0 spiro atoms. The Kier molecular flexibility index (Phi) is 6.75. The number of esters is 1. The Balaban J connectivity index is 1.93. The third kappa shape index (κ3) is 4.77. The van der Waals surface area contributed by atoms with Crippen LogP contribution in [0.15, 0.2) is 35.7 Å². The van der Waals surface area contributed by atoms with Crippen LogP contribution in [-0.2, 0) is 20.7 Å². The van der Waals surface area contributed by atoms with Crippen LogP contribution in [0.25, 0.3) is 20.9 Å². The third-order valence-corrected chi connectivity index (χ3v) is 7.48. The van der Waals surface area contributed by atoms with E-state index in [4.69, 9.17) is 14.2 Å². The van der Waals surface area contributed by atoms with Crippen molar-refractivity contribution in [2.24, 2.45) is 0 Å². The SMILES string of the molecule is CCOC(=O)C(OC(C)(C)C)c1c(C)sc(-c2cccs2)c1-c1ccc2c(c1)CCCO2. The highest BCUT2D eigenvalue weighted by molar-refractivity contribution is 7.22. The van der Waals surface area contributed by atoms with E-state index in [0.717, 1.165) is 51.6 Å². The van der Waals surface area contributed by atoms with Crippen LogP contribution in [0.3, 0.4) is 0 Å². The van der Waals surface area contributed by atoms with Crippen LogP contribution in [0.2, 0.25) is 0 Å². The van der Waals surface area contributed by atoms with Crippen LogP contribution in [-0.4, -0.2) is 24.8 Å². The van der Waals surface area contributed by atoms with Gasteiger partial charge in [-0.2, -0.15) is 0 Å². The Morgan fingerprint density at radius 1 is 1.25 bits per heavy atom. The van der Waals surface area contributed by atoms with Gasteiger partial charge in [-0.05, 0) is 82.2 Å². The van der Waals surface area contributed by atoms with Crippen LogP contribution < -0.4 is 4.74 Å². The van der Waals surface area contributed by atoms with Gasteiger partial charge in [-0.15, -0.1) is 22.7 Å². The van der Waals surface area contributed by atoms with Crippen molar-refractivity contribution in [3.8, 4) is 26.6 Å². The maximum atomic E-state index is 13.1. The molecular formula is C26H30O4S2. The van der Waals surface area contributed by atoms with Crippen LogP contribution in [0.5, 0.6) is 5.75 Å². The summed E-state index contributed by atoms with van der Waals surface area (Å²) in [6.07, 6.45) is 1.22. The molecule has 0 bridgehead atoms. The van der Waals surface area contributed by atoms with E-state index >= 15 is 0 Å². The lowest BCUT2D eigenvalue weighted by molar-refractivity contribution is -0.166. The normalized spacial score (nSPS) is 14.5. The molecule has 0 radical (unpaired) electrons. The average molecular weight is 471 g/mol. The number of rotatable bonds is 6. The summed E-state index contributed by atoms with van der Waals surface area (Å²) in [5.41, 5.74) is 3.76. The molecule has 3 heterocycles. The molecule has 32 heavy (non-hydrogen) atoms. The van der Waals surface area contributed by atoms with Crippen LogP contribution in [0.4, 0.5) is 0 Å². The van der Waals surface area contributed by atoms with Crippen molar-refractivity contribution in [2.75, 3.05) is 13.2 Å². The molecule has 1 atom stereocenters. The molecule has 2 aromatic heterocycles. The fraction of sp³-hybridized carbons (Fsp3) is 0.423. The zero-order chi connectivity index (χ0) is 22.9. The minimum Gasteiger partial charge on any atom is -0.493 e. The number of ether oxygens (including phenoxy) is 3. The predicted octanol–water partition coefficient (Wildman–Crippen LogP) is 7.20. The predicted molar refractivity (Wildman–Crippen MR) is 132 cm³/mol. The highest BCUT2D eigenvalue weighted by Crippen LogP contribution is 2.49. The van der Waals surface area contributed by atoms with E-state index in [1.165, 1.54) is 10.4 Å². The summed E-state index contributed by atoms with van der Waals surface area (Å²) in [6, 6.07) is 10.6. The number of hydrogen-bond acceptors (Lipinski definition) is 6. The smallest absolute Gasteiger partial charge is 0.340 e. The molecule has 1 unspecified atom stereocenters. The highest BCUT2D eigenvalue weighted by Gasteiger charge is 2.35. The average Bonchev–Trinajstić information content (AvgIpc) is 3.39. The van der Waals surface area contributed by atoms with Gasteiger partial charge in [0.2, 0.25) is 0 Å². The number of fused-ring (bicyclic) bond motifs is 1. The fourth-order valence-corrected chi connectivity index (χ4v) is 6.12. The van der Waals surface area contributed by atoms with Crippen molar-refractivity contribution in [1.29, 1.82) is 0 Å². The second-order valence-electron chi connectivity index (χ2n) is 8.89. The summed E-state index contributed by atoms with van der Waals surface area (Å²) in [7, 11) is 0. The first-order valence-corrected chi connectivity index (χ1v) is 12.8. The monoisotopic (exact) mass is 470 g/mol. The number of thiophene rings is 2. The van der Waals surface area contributed by atoms with E-state index in [1.54, 1.807) is 22.7 Å². The van der Waals surface area contributed by atoms with Gasteiger partial charge in [-0.3, -0.25) is 0 Å². The fourth-order valence-electron chi connectivity index (χ4n) is 4.05. The van der Waals surface area contributed by atoms with Gasteiger partial charge in [0.05, 0.1) is 23.7 Å². The first-order valence-electron chi connectivity index (χ1n) is 11.1. The van der Waals surface area contributed by atoms with E-state index < -0.39 is 11.7 Å². The molecule has 4 rings (SSSR count). The molecule has 0 saturated carbocycles. The lowest BCUT2D eigenvalue weighted by Crippen LogP contribution is -2.29. The lowest BCUT2D eigenvalue weighted by Gasteiger charge is -2.27. The van der Waals surface area contributed by atoms with Gasteiger partial charge in [0.25, 0.3) is 0 Å². The summed E-state index contributed by atoms with van der Waals surface area (Å²) in [5, 5.41) is 2.09. The number of aryl methyl sites for hydroxylation is 2. The minimum atomic E-state index is -0.790. The molecule has 1 aliphatic heterocycles. The zero-order valence-electron chi connectivity index (χ0n) is 19.3. The summed E-state index contributed by atoms with van der Waals surface area (Å²) in [6.45, 7) is 10.9. The molecular weight excluding hydrogens is 440 g/mol. The Bertz CT molecular complexity index is 1090. The molecule has 170 valence electrons. The van der Waals surface area contributed by atoms with E-state index in [1.807, 2.05) is 27.7 Å². The van der Waals surface area contributed by atoms with Crippen molar-refractivity contribution in [3.05, 3.63) is 51.7 Å². The second kappa shape index (κ2) is 9.38. The number of carbonyl (C=O) groups is 1. The first kappa shape index (κ1) is 23.0. The van der Waals surface area contributed by atoms with E-state index in [2.05, 4.69) is 42.6 Å². The van der Waals surface area contributed by atoms with Gasteiger partial charge < -0.3 is 14.2 Å². The van der Waals surface area contributed by atoms with Gasteiger partial charge in [0, 0.05) is 20.9 Å². The summed E-state index contributed by atoms with van der Waals surface area (Å²) in [4.78, 5) is 16.5. The first-order chi connectivity index (χ1) is 15.3. The minimum absolute atomic E-state index is 0.315. The van der Waals surface area contributed by atoms with Crippen molar-refractivity contribution < 1.29 is 19.0 Å². The van der Waals surface area contributed by atoms with Crippen molar-refractivity contribution in [1.82, 2.24) is 0 Å². The van der Waals surface area contributed by atoms with E-state index in [0.29, 0.717) is 6.61 Å². The van der Waals surface area contributed by atoms with Gasteiger partial charge >= 0.3 is 5.97 Å². The van der Waals surface area contributed by atoms with Crippen LogP contribution >= 0.6 is 22.7 Å². The summed E-state index contributed by atoms with van der Waals surface area (Å²) in [5.74, 6) is 0.614. The molecule has 6 heteroatoms. The zero-order valence-corrected chi connectivity index (χ0v) is 21.0. The van der Waals surface area contributed by atoms with Gasteiger partial charge in [0.15, 0.2) is 6.10 Å². The largest absolute Gasteiger partial charge is 0.493 e. The molecule has 0 saturated heterocycles. The summed E-state index contributed by atoms with van der Waals surface area (Å²) < 4.78 is 17.6. The Hall–Kier alpha value is -2.15. The Morgan fingerprint density at radius 2 is 2.06 bits per heavy atom. The molecule has 1 aromatic carbocycles. The highest BCUT2D eigenvalue weighted by atomic mass is 32.1. The quantitative estimate of drug-likeness (QED) is 0.357. The number of carbonyl (C=O) groups excluding carboxylic acids is 1. The van der Waals surface area contributed by atoms with Crippen LogP contribution in [0.1, 0.15) is 56.2 Å². The lowest BCUT2D eigenvalue weighted by atomic mass is 9.93. The topological polar surface area (TPSA) is 44.8 Å². The van der Waals surface area contributed by atoms with Crippen molar-refractivity contribution >= 4 is 28.6 Å². The van der Waals surface area contributed by atoms with Crippen LogP contribution in [0, 0.1) is 6.92 Å². The molecule has 0 N–H and O–H groups in total. The number of hydrogen-bond donors (Lipinski definition) is 0. The van der Waals surface area contributed by atoms with E-state index in [9.17, 15) is 4.79 Å². The molecule has 0 fully saturated rings.